The first-order chi connectivity index (χ1) is 8.13. The largest absolute Gasteiger partial charge is 0.388 e. The van der Waals surface area contributed by atoms with Crippen LogP contribution in [0.3, 0.4) is 0 Å². The number of hydrogen-bond acceptors (Lipinski definition) is 2. The molecule has 0 amide bonds. The fourth-order valence-electron chi connectivity index (χ4n) is 3.55. The normalized spacial score (nSPS) is 38.5. The zero-order valence-corrected chi connectivity index (χ0v) is 10.6. The fraction of sp³-hybridized carbons (Fsp3) is 0.600. The fourth-order valence-corrected chi connectivity index (χ4v) is 3.55. The first-order valence-corrected chi connectivity index (χ1v) is 6.66. The molecule has 2 fully saturated rings. The Morgan fingerprint density at radius 2 is 2.06 bits per heavy atom. The summed E-state index contributed by atoms with van der Waals surface area (Å²) in [6.45, 7) is 5.47. The van der Waals surface area contributed by atoms with Crippen LogP contribution in [0.4, 0.5) is 0 Å². The third kappa shape index (κ3) is 1.54. The minimum Gasteiger partial charge on any atom is -0.388 e. The lowest BCUT2D eigenvalue weighted by atomic mass is 9.71. The van der Waals surface area contributed by atoms with Gasteiger partial charge in [-0.3, -0.25) is 4.90 Å². The van der Waals surface area contributed by atoms with Crippen molar-refractivity contribution in [3.8, 4) is 0 Å². The molecule has 2 heteroatoms. The lowest BCUT2D eigenvalue weighted by Crippen LogP contribution is -2.55. The molecule has 0 spiro atoms. The molecule has 2 aliphatic rings. The van der Waals surface area contributed by atoms with E-state index < -0.39 is 5.60 Å². The van der Waals surface area contributed by atoms with Gasteiger partial charge in [-0.15, -0.1) is 0 Å². The van der Waals surface area contributed by atoms with Gasteiger partial charge in [-0.2, -0.15) is 0 Å². The summed E-state index contributed by atoms with van der Waals surface area (Å²) in [4.78, 5) is 2.49. The first-order valence-electron chi connectivity index (χ1n) is 6.66. The quantitative estimate of drug-likeness (QED) is 0.845. The molecule has 1 N–H and O–H groups in total. The summed E-state index contributed by atoms with van der Waals surface area (Å²) in [6.07, 6.45) is 2.13. The van der Waals surface area contributed by atoms with Crippen molar-refractivity contribution in [1.29, 1.82) is 0 Å². The second kappa shape index (κ2) is 3.82. The first kappa shape index (κ1) is 11.2. The van der Waals surface area contributed by atoms with Gasteiger partial charge in [0.2, 0.25) is 0 Å². The highest BCUT2D eigenvalue weighted by Gasteiger charge is 2.57. The summed E-state index contributed by atoms with van der Waals surface area (Å²) in [5.74, 6) is 0.410. The molecule has 4 atom stereocenters. The summed E-state index contributed by atoms with van der Waals surface area (Å²) in [5, 5.41) is 10.5. The summed E-state index contributed by atoms with van der Waals surface area (Å²) < 4.78 is 0. The van der Waals surface area contributed by atoms with Crippen LogP contribution in [-0.2, 0) is 0 Å². The molecule has 0 aromatic heterocycles. The van der Waals surface area contributed by atoms with Gasteiger partial charge in [-0.25, -0.2) is 0 Å². The Morgan fingerprint density at radius 3 is 2.59 bits per heavy atom. The van der Waals surface area contributed by atoms with Crippen molar-refractivity contribution in [2.45, 2.75) is 44.4 Å². The van der Waals surface area contributed by atoms with Crippen LogP contribution in [0.15, 0.2) is 30.3 Å². The van der Waals surface area contributed by atoms with Crippen LogP contribution in [0, 0.1) is 5.92 Å². The summed E-state index contributed by atoms with van der Waals surface area (Å²) in [6, 6.07) is 11.4. The number of fused-ring (bicyclic) bond motifs is 1. The molecule has 1 aromatic rings. The Balaban J connectivity index is 1.83. The highest BCUT2D eigenvalue weighted by atomic mass is 16.3. The lowest BCUT2D eigenvalue weighted by Gasteiger charge is -2.46. The molecule has 0 bridgehead atoms. The predicted octanol–water partition coefficient (Wildman–Crippen LogP) is 2.59. The maximum Gasteiger partial charge on any atom is 0.0840 e. The van der Waals surface area contributed by atoms with E-state index in [1.54, 1.807) is 0 Å². The minimum absolute atomic E-state index is 0.382. The van der Waals surface area contributed by atoms with Crippen molar-refractivity contribution in [3.63, 3.8) is 0 Å². The second-order valence-electron chi connectivity index (χ2n) is 5.73. The molecule has 1 aliphatic carbocycles. The van der Waals surface area contributed by atoms with Gasteiger partial charge in [0.1, 0.15) is 0 Å². The standard InChI is InChI=1S/C15H21NO/c1-11-10-16(14-8-9-15(11,14)17)12(2)13-6-4-3-5-7-13/h3-7,11-12,14,17H,8-10H2,1-2H3/t11-,12+,14-,15+/m1/s1. The van der Waals surface area contributed by atoms with E-state index in [0.29, 0.717) is 18.0 Å². The van der Waals surface area contributed by atoms with E-state index in [4.69, 9.17) is 0 Å². The molecule has 1 aliphatic heterocycles. The Bertz CT molecular complexity index is 405. The maximum absolute atomic E-state index is 10.5. The van der Waals surface area contributed by atoms with Crippen molar-refractivity contribution >= 4 is 0 Å². The molecule has 3 rings (SSSR count). The molecule has 1 aromatic carbocycles. The molecule has 1 saturated heterocycles. The van der Waals surface area contributed by atoms with Crippen LogP contribution in [0.5, 0.6) is 0 Å². The molecule has 1 heterocycles. The lowest BCUT2D eigenvalue weighted by molar-refractivity contribution is -0.0949. The van der Waals surface area contributed by atoms with Crippen molar-refractivity contribution in [2.24, 2.45) is 5.92 Å². The Labute approximate surface area is 103 Å². The minimum atomic E-state index is -0.400. The second-order valence-corrected chi connectivity index (χ2v) is 5.73. The molecular weight excluding hydrogens is 210 g/mol. The highest BCUT2D eigenvalue weighted by molar-refractivity contribution is 5.21. The average Bonchev–Trinajstić information content (AvgIpc) is 2.51. The Hall–Kier alpha value is -0.860. The van der Waals surface area contributed by atoms with Crippen LogP contribution >= 0.6 is 0 Å². The highest BCUT2D eigenvalue weighted by Crippen LogP contribution is 2.50. The van der Waals surface area contributed by atoms with Crippen molar-refractivity contribution in [1.82, 2.24) is 4.90 Å². The summed E-state index contributed by atoms with van der Waals surface area (Å²) in [5.41, 5.74) is 0.958. The zero-order chi connectivity index (χ0) is 12.0. The third-order valence-electron chi connectivity index (χ3n) is 4.91. The monoisotopic (exact) mass is 231 g/mol. The van der Waals surface area contributed by atoms with Gasteiger partial charge >= 0.3 is 0 Å². The molecule has 2 nitrogen and oxygen atoms in total. The van der Waals surface area contributed by atoms with Crippen molar-refractivity contribution in [3.05, 3.63) is 35.9 Å². The number of nitrogens with zero attached hydrogens (tertiary/aromatic N) is 1. The molecule has 17 heavy (non-hydrogen) atoms. The van der Waals surface area contributed by atoms with Gasteiger partial charge in [0.25, 0.3) is 0 Å². The number of benzene rings is 1. The van der Waals surface area contributed by atoms with E-state index in [-0.39, 0.29) is 0 Å². The number of hydrogen-bond donors (Lipinski definition) is 1. The van der Waals surface area contributed by atoms with Gasteiger partial charge in [-0.1, -0.05) is 37.3 Å². The maximum atomic E-state index is 10.5. The smallest absolute Gasteiger partial charge is 0.0840 e. The third-order valence-corrected chi connectivity index (χ3v) is 4.91. The van der Waals surface area contributed by atoms with E-state index in [0.717, 1.165) is 19.4 Å². The topological polar surface area (TPSA) is 23.5 Å². The van der Waals surface area contributed by atoms with Crippen molar-refractivity contribution < 1.29 is 5.11 Å². The number of aliphatic hydroxyl groups is 1. The molecule has 92 valence electrons. The molecular formula is C15H21NO. The van der Waals surface area contributed by atoms with E-state index in [1.807, 2.05) is 0 Å². The van der Waals surface area contributed by atoms with E-state index in [9.17, 15) is 5.11 Å². The van der Waals surface area contributed by atoms with Gasteiger partial charge in [0.05, 0.1) is 5.60 Å². The van der Waals surface area contributed by atoms with Gasteiger partial charge in [0, 0.05) is 18.6 Å². The van der Waals surface area contributed by atoms with Crippen LogP contribution in [0.1, 0.15) is 38.3 Å². The van der Waals surface area contributed by atoms with Crippen LogP contribution in [0.25, 0.3) is 0 Å². The number of likely N-dealkylation sites (tertiary alicyclic amines) is 1. The van der Waals surface area contributed by atoms with Crippen molar-refractivity contribution in [2.75, 3.05) is 6.54 Å². The summed E-state index contributed by atoms with van der Waals surface area (Å²) >= 11 is 0. The Morgan fingerprint density at radius 1 is 1.35 bits per heavy atom. The van der Waals surface area contributed by atoms with Crippen LogP contribution < -0.4 is 0 Å². The van der Waals surface area contributed by atoms with E-state index >= 15 is 0 Å². The van der Waals surface area contributed by atoms with E-state index in [1.165, 1.54) is 5.56 Å². The number of rotatable bonds is 2. The van der Waals surface area contributed by atoms with E-state index in [2.05, 4.69) is 49.1 Å². The van der Waals surface area contributed by atoms with Gasteiger partial charge in [-0.05, 0) is 31.2 Å². The molecule has 1 saturated carbocycles. The van der Waals surface area contributed by atoms with Gasteiger partial charge in [0.15, 0.2) is 0 Å². The summed E-state index contributed by atoms with van der Waals surface area (Å²) in [7, 11) is 0. The molecule has 0 radical (unpaired) electrons. The van der Waals surface area contributed by atoms with Gasteiger partial charge < -0.3 is 5.11 Å². The predicted molar refractivity (Wildman–Crippen MR) is 68.7 cm³/mol. The average molecular weight is 231 g/mol. The van der Waals surface area contributed by atoms with Crippen LogP contribution in [-0.4, -0.2) is 28.2 Å². The molecule has 0 unspecified atom stereocenters. The SMILES string of the molecule is C[C@@H]1CN([C@@H](C)c2ccccc2)[C@@H]2CC[C@]12O. The zero-order valence-electron chi connectivity index (χ0n) is 10.6. The Kier molecular flexibility index (Phi) is 2.53. The van der Waals surface area contributed by atoms with Crippen LogP contribution in [0.2, 0.25) is 0 Å².